The summed E-state index contributed by atoms with van der Waals surface area (Å²) in [5.41, 5.74) is 3.29. The van der Waals surface area contributed by atoms with Crippen molar-refractivity contribution in [3.05, 3.63) is 72.7 Å². The van der Waals surface area contributed by atoms with Crippen molar-refractivity contribution in [3.8, 4) is 17.1 Å². The van der Waals surface area contributed by atoms with Crippen molar-refractivity contribution in [1.29, 1.82) is 0 Å². The quantitative estimate of drug-likeness (QED) is 0.582. The number of aromatic nitrogens is 3. The Kier molecular flexibility index (Phi) is 4.30. The SMILES string of the molecule is Cc1cc2ccccc2n1CC(=O)Nc1cnc(-c2cccc(O)c2)nc1. The van der Waals surface area contributed by atoms with Crippen LogP contribution in [0.5, 0.6) is 5.75 Å². The summed E-state index contributed by atoms with van der Waals surface area (Å²) in [4.78, 5) is 21.0. The Hall–Kier alpha value is -3.67. The number of carbonyl (C=O) groups excluding carboxylic acids is 1. The van der Waals surface area contributed by atoms with Crippen LogP contribution < -0.4 is 5.32 Å². The molecule has 0 unspecified atom stereocenters. The lowest BCUT2D eigenvalue weighted by atomic mass is 10.2. The summed E-state index contributed by atoms with van der Waals surface area (Å²) in [6.45, 7) is 2.20. The Labute approximate surface area is 156 Å². The first-order chi connectivity index (χ1) is 13.1. The van der Waals surface area contributed by atoms with Gasteiger partial charge in [-0.3, -0.25) is 4.79 Å². The van der Waals surface area contributed by atoms with Crippen molar-refractivity contribution in [2.24, 2.45) is 0 Å². The minimum Gasteiger partial charge on any atom is -0.508 e. The van der Waals surface area contributed by atoms with Gasteiger partial charge in [-0.2, -0.15) is 0 Å². The second kappa shape index (κ2) is 6.92. The molecule has 134 valence electrons. The van der Waals surface area contributed by atoms with E-state index in [9.17, 15) is 9.90 Å². The highest BCUT2D eigenvalue weighted by Gasteiger charge is 2.10. The van der Waals surface area contributed by atoms with Crippen molar-refractivity contribution >= 4 is 22.5 Å². The van der Waals surface area contributed by atoms with E-state index in [1.54, 1.807) is 30.6 Å². The zero-order valence-electron chi connectivity index (χ0n) is 14.8. The molecule has 4 rings (SSSR count). The van der Waals surface area contributed by atoms with Crippen molar-refractivity contribution in [2.75, 3.05) is 5.32 Å². The van der Waals surface area contributed by atoms with Crippen LogP contribution >= 0.6 is 0 Å². The van der Waals surface area contributed by atoms with E-state index in [-0.39, 0.29) is 18.2 Å². The number of fused-ring (bicyclic) bond motifs is 1. The molecule has 2 heterocycles. The van der Waals surface area contributed by atoms with Gasteiger partial charge in [0, 0.05) is 16.8 Å². The maximum absolute atomic E-state index is 12.5. The van der Waals surface area contributed by atoms with Gasteiger partial charge in [0.25, 0.3) is 0 Å². The fourth-order valence-corrected chi connectivity index (χ4v) is 3.09. The molecule has 4 aromatic rings. The van der Waals surface area contributed by atoms with Crippen LogP contribution in [0.4, 0.5) is 5.69 Å². The maximum Gasteiger partial charge on any atom is 0.244 e. The molecule has 0 fully saturated rings. The number of phenolic OH excluding ortho intramolecular Hbond substituents is 1. The summed E-state index contributed by atoms with van der Waals surface area (Å²) in [7, 11) is 0. The van der Waals surface area contributed by atoms with Crippen LogP contribution in [0.1, 0.15) is 5.69 Å². The van der Waals surface area contributed by atoms with Crippen LogP contribution in [0.25, 0.3) is 22.3 Å². The van der Waals surface area contributed by atoms with Gasteiger partial charge in [-0.1, -0.05) is 30.3 Å². The monoisotopic (exact) mass is 358 g/mol. The third-order valence-electron chi connectivity index (χ3n) is 4.36. The van der Waals surface area contributed by atoms with Crippen molar-refractivity contribution in [1.82, 2.24) is 14.5 Å². The zero-order valence-corrected chi connectivity index (χ0v) is 14.8. The van der Waals surface area contributed by atoms with E-state index in [4.69, 9.17) is 0 Å². The molecule has 2 N–H and O–H groups in total. The lowest BCUT2D eigenvalue weighted by molar-refractivity contribution is -0.116. The average molecular weight is 358 g/mol. The summed E-state index contributed by atoms with van der Waals surface area (Å²) in [5.74, 6) is 0.493. The fraction of sp³-hybridized carbons (Fsp3) is 0.0952. The highest BCUT2D eigenvalue weighted by Crippen LogP contribution is 2.21. The van der Waals surface area contributed by atoms with E-state index >= 15 is 0 Å². The zero-order chi connectivity index (χ0) is 18.8. The minimum absolute atomic E-state index is 0.145. The van der Waals surface area contributed by atoms with Crippen molar-refractivity contribution in [2.45, 2.75) is 13.5 Å². The Morgan fingerprint density at radius 3 is 2.63 bits per heavy atom. The average Bonchev–Trinajstić information content (AvgIpc) is 2.98. The van der Waals surface area contributed by atoms with Gasteiger partial charge in [0.05, 0.1) is 18.1 Å². The minimum atomic E-state index is -0.145. The Balaban J connectivity index is 1.49. The number of nitrogens with one attached hydrogen (secondary N) is 1. The lowest BCUT2D eigenvalue weighted by Crippen LogP contribution is -2.19. The first-order valence-electron chi connectivity index (χ1n) is 8.56. The molecule has 27 heavy (non-hydrogen) atoms. The molecular formula is C21H18N4O2. The largest absolute Gasteiger partial charge is 0.508 e. The van der Waals surface area contributed by atoms with Gasteiger partial charge in [-0.15, -0.1) is 0 Å². The molecule has 0 aliphatic rings. The number of amides is 1. The van der Waals surface area contributed by atoms with E-state index in [0.29, 0.717) is 17.1 Å². The molecule has 0 aliphatic carbocycles. The van der Waals surface area contributed by atoms with Crippen LogP contribution in [0.2, 0.25) is 0 Å². The first kappa shape index (κ1) is 16.8. The number of carbonyl (C=O) groups is 1. The first-order valence-corrected chi connectivity index (χ1v) is 8.56. The fourth-order valence-electron chi connectivity index (χ4n) is 3.09. The number of nitrogens with zero attached hydrogens (tertiary/aromatic N) is 3. The number of benzene rings is 2. The van der Waals surface area contributed by atoms with Gasteiger partial charge in [0.15, 0.2) is 5.82 Å². The molecule has 0 radical (unpaired) electrons. The van der Waals surface area contributed by atoms with E-state index in [2.05, 4.69) is 21.4 Å². The number of aromatic hydroxyl groups is 1. The molecule has 0 spiro atoms. The molecule has 2 aromatic heterocycles. The van der Waals surface area contributed by atoms with Gasteiger partial charge >= 0.3 is 0 Å². The third-order valence-corrected chi connectivity index (χ3v) is 4.36. The van der Waals surface area contributed by atoms with E-state index in [1.165, 1.54) is 0 Å². The predicted octanol–water partition coefficient (Wildman–Crippen LogP) is 3.75. The van der Waals surface area contributed by atoms with Crippen LogP contribution in [0.3, 0.4) is 0 Å². The number of hydrogen-bond acceptors (Lipinski definition) is 4. The number of hydrogen-bond donors (Lipinski definition) is 2. The summed E-state index contributed by atoms with van der Waals surface area (Å²) >= 11 is 0. The lowest BCUT2D eigenvalue weighted by Gasteiger charge is -2.09. The topological polar surface area (TPSA) is 80.0 Å². The summed E-state index contributed by atoms with van der Waals surface area (Å²) in [6, 6.07) is 16.8. The highest BCUT2D eigenvalue weighted by molar-refractivity contribution is 5.92. The molecule has 0 saturated carbocycles. The molecular weight excluding hydrogens is 340 g/mol. The molecule has 0 bridgehead atoms. The Morgan fingerprint density at radius 2 is 1.85 bits per heavy atom. The number of para-hydroxylation sites is 1. The van der Waals surface area contributed by atoms with Gasteiger partial charge in [0.2, 0.25) is 5.91 Å². The number of phenols is 1. The second-order valence-electron chi connectivity index (χ2n) is 6.32. The van der Waals surface area contributed by atoms with Crippen LogP contribution in [-0.2, 0) is 11.3 Å². The summed E-state index contributed by atoms with van der Waals surface area (Å²) < 4.78 is 1.98. The third kappa shape index (κ3) is 3.50. The van der Waals surface area contributed by atoms with E-state index < -0.39 is 0 Å². The molecule has 0 atom stereocenters. The van der Waals surface area contributed by atoms with Crippen molar-refractivity contribution < 1.29 is 9.90 Å². The predicted molar refractivity (Wildman–Crippen MR) is 104 cm³/mol. The molecule has 1 amide bonds. The number of rotatable bonds is 4. The molecule has 6 heteroatoms. The van der Waals surface area contributed by atoms with Gasteiger partial charge in [-0.05, 0) is 36.6 Å². The van der Waals surface area contributed by atoms with Crippen molar-refractivity contribution in [3.63, 3.8) is 0 Å². The molecule has 0 aliphatic heterocycles. The van der Waals surface area contributed by atoms with Gasteiger partial charge in [0.1, 0.15) is 12.3 Å². The standard InChI is InChI=1S/C21H18N4O2/c1-14-9-15-5-2-3-8-19(15)25(14)13-20(27)24-17-11-22-21(23-12-17)16-6-4-7-18(26)10-16/h2-12,26H,13H2,1H3,(H,24,27). The van der Waals surface area contributed by atoms with E-state index in [1.807, 2.05) is 41.8 Å². The molecule has 6 nitrogen and oxygen atoms in total. The maximum atomic E-state index is 12.5. The van der Waals surface area contributed by atoms with Crippen LogP contribution in [0.15, 0.2) is 67.0 Å². The number of anilines is 1. The van der Waals surface area contributed by atoms with Gasteiger partial charge in [-0.25, -0.2) is 9.97 Å². The Bertz CT molecular complexity index is 1120. The summed E-state index contributed by atoms with van der Waals surface area (Å²) in [6.07, 6.45) is 3.12. The highest BCUT2D eigenvalue weighted by atomic mass is 16.3. The number of aryl methyl sites for hydroxylation is 1. The van der Waals surface area contributed by atoms with E-state index in [0.717, 1.165) is 16.6 Å². The molecule has 0 saturated heterocycles. The normalized spacial score (nSPS) is 10.9. The Morgan fingerprint density at radius 1 is 1.07 bits per heavy atom. The van der Waals surface area contributed by atoms with Crippen LogP contribution in [0, 0.1) is 6.92 Å². The smallest absolute Gasteiger partial charge is 0.244 e. The molecule has 2 aromatic carbocycles. The van der Waals surface area contributed by atoms with Crippen LogP contribution in [-0.4, -0.2) is 25.5 Å². The summed E-state index contributed by atoms with van der Waals surface area (Å²) in [5, 5.41) is 13.5. The second-order valence-corrected chi connectivity index (χ2v) is 6.32. The van der Waals surface area contributed by atoms with Gasteiger partial charge < -0.3 is 15.0 Å².